The number of nitrogens with two attached hydrogens (primary N) is 1. The van der Waals surface area contributed by atoms with Crippen LogP contribution in [-0.2, 0) is 9.59 Å². The zero-order valence-corrected chi connectivity index (χ0v) is 10.4. The summed E-state index contributed by atoms with van der Waals surface area (Å²) in [6, 6.07) is 0. The van der Waals surface area contributed by atoms with Crippen LogP contribution in [0.3, 0.4) is 0 Å². The fourth-order valence-corrected chi connectivity index (χ4v) is 1.45. The lowest BCUT2D eigenvalue weighted by molar-refractivity contribution is -0.125. The maximum absolute atomic E-state index is 11.7. The van der Waals surface area contributed by atoms with Crippen LogP contribution in [0.4, 0.5) is 0 Å². The largest absolute Gasteiger partial charge is 0.355 e. The molecule has 0 aromatic heterocycles. The van der Waals surface area contributed by atoms with E-state index >= 15 is 0 Å². The van der Waals surface area contributed by atoms with E-state index in [1.54, 1.807) is 0 Å². The number of rotatable bonds is 7. The quantitative estimate of drug-likeness (QED) is 0.531. The van der Waals surface area contributed by atoms with Crippen molar-refractivity contribution >= 4 is 11.8 Å². The van der Waals surface area contributed by atoms with E-state index < -0.39 is 0 Å². The van der Waals surface area contributed by atoms with E-state index in [0.717, 1.165) is 6.42 Å². The predicted octanol–water partition coefficient (Wildman–Crippen LogP) is -0.140. The van der Waals surface area contributed by atoms with Crippen LogP contribution in [0.25, 0.3) is 0 Å². The Kier molecular flexibility index (Phi) is 7.54. The van der Waals surface area contributed by atoms with E-state index in [4.69, 9.17) is 5.73 Å². The Morgan fingerprint density at radius 2 is 1.75 bits per heavy atom. The lowest BCUT2D eigenvalue weighted by Gasteiger charge is -2.16. The maximum Gasteiger partial charge on any atom is 0.224 e. The van der Waals surface area contributed by atoms with Crippen molar-refractivity contribution in [3.63, 3.8) is 0 Å². The molecule has 1 unspecified atom stereocenters. The van der Waals surface area contributed by atoms with Gasteiger partial charge in [-0.2, -0.15) is 0 Å². The summed E-state index contributed by atoms with van der Waals surface area (Å²) in [6.07, 6.45) is 0.794. The Morgan fingerprint density at radius 3 is 2.19 bits per heavy atom. The van der Waals surface area contributed by atoms with Gasteiger partial charge in [0.05, 0.1) is 5.92 Å². The lowest BCUT2D eigenvalue weighted by Crippen LogP contribution is -2.39. The topological polar surface area (TPSA) is 84.2 Å². The number of carbonyl (C=O) groups is 2. The Bertz CT molecular complexity index is 229. The summed E-state index contributed by atoms with van der Waals surface area (Å²) in [4.78, 5) is 22.2. The second kappa shape index (κ2) is 8.10. The van der Waals surface area contributed by atoms with Crippen molar-refractivity contribution in [1.29, 1.82) is 0 Å². The first-order valence-electron chi connectivity index (χ1n) is 5.69. The van der Waals surface area contributed by atoms with E-state index in [1.165, 1.54) is 6.92 Å². The van der Waals surface area contributed by atoms with Crippen LogP contribution in [-0.4, -0.2) is 31.4 Å². The van der Waals surface area contributed by atoms with E-state index in [2.05, 4.69) is 24.5 Å². The van der Waals surface area contributed by atoms with Crippen LogP contribution in [0.5, 0.6) is 0 Å². The highest BCUT2D eigenvalue weighted by atomic mass is 16.2. The van der Waals surface area contributed by atoms with E-state index in [9.17, 15) is 9.59 Å². The fourth-order valence-electron chi connectivity index (χ4n) is 1.45. The molecule has 5 heteroatoms. The molecule has 0 heterocycles. The molecule has 0 aromatic rings. The van der Waals surface area contributed by atoms with Gasteiger partial charge >= 0.3 is 0 Å². The highest BCUT2D eigenvalue weighted by molar-refractivity contribution is 5.79. The average molecular weight is 229 g/mol. The second-order valence-corrected chi connectivity index (χ2v) is 4.34. The van der Waals surface area contributed by atoms with Crippen LogP contribution in [0, 0.1) is 11.8 Å². The summed E-state index contributed by atoms with van der Waals surface area (Å²) in [5.41, 5.74) is 5.54. The van der Waals surface area contributed by atoms with E-state index in [0.29, 0.717) is 25.6 Å². The number of hydrogen-bond donors (Lipinski definition) is 3. The average Bonchev–Trinajstić information content (AvgIpc) is 2.20. The van der Waals surface area contributed by atoms with Gasteiger partial charge in [0.15, 0.2) is 0 Å². The number of carbonyl (C=O) groups excluding carboxylic acids is 2. The van der Waals surface area contributed by atoms with Crippen LogP contribution < -0.4 is 16.4 Å². The predicted molar refractivity (Wildman–Crippen MR) is 63.7 cm³/mol. The smallest absolute Gasteiger partial charge is 0.224 e. The molecule has 0 aliphatic rings. The molecule has 1 atom stereocenters. The molecule has 16 heavy (non-hydrogen) atoms. The van der Waals surface area contributed by atoms with E-state index in [1.807, 2.05) is 0 Å². The third-order valence-electron chi connectivity index (χ3n) is 2.21. The zero-order valence-electron chi connectivity index (χ0n) is 10.4. The van der Waals surface area contributed by atoms with Gasteiger partial charge in [-0.3, -0.25) is 9.59 Å². The highest BCUT2D eigenvalue weighted by Crippen LogP contribution is 2.10. The number of amides is 2. The van der Waals surface area contributed by atoms with Gasteiger partial charge in [0.25, 0.3) is 0 Å². The van der Waals surface area contributed by atoms with Crippen LogP contribution in [0.1, 0.15) is 27.2 Å². The molecule has 2 amide bonds. The van der Waals surface area contributed by atoms with Crippen molar-refractivity contribution in [3.8, 4) is 0 Å². The number of hydrogen-bond acceptors (Lipinski definition) is 3. The zero-order chi connectivity index (χ0) is 12.6. The summed E-state index contributed by atoms with van der Waals surface area (Å²) in [7, 11) is 0. The molecule has 4 N–H and O–H groups in total. The van der Waals surface area contributed by atoms with Crippen molar-refractivity contribution < 1.29 is 9.59 Å². The van der Waals surface area contributed by atoms with Gasteiger partial charge in [0.2, 0.25) is 11.8 Å². The Labute approximate surface area is 97.2 Å². The summed E-state index contributed by atoms with van der Waals surface area (Å²) >= 11 is 0. The first-order valence-corrected chi connectivity index (χ1v) is 5.69. The van der Waals surface area contributed by atoms with Gasteiger partial charge in [0, 0.05) is 26.6 Å². The molecule has 0 aromatic carbocycles. The lowest BCUT2D eigenvalue weighted by atomic mass is 9.96. The van der Waals surface area contributed by atoms with Gasteiger partial charge in [0.1, 0.15) is 0 Å². The Balaban J connectivity index is 3.79. The molecule has 0 spiro atoms. The summed E-state index contributed by atoms with van der Waals surface area (Å²) in [5.74, 6) is 0.209. The molecular formula is C11H23N3O2. The van der Waals surface area contributed by atoms with Crippen molar-refractivity contribution in [3.05, 3.63) is 0 Å². The monoisotopic (exact) mass is 229 g/mol. The summed E-state index contributed by atoms with van der Waals surface area (Å²) < 4.78 is 0. The minimum absolute atomic E-state index is 0.0263. The van der Waals surface area contributed by atoms with Crippen molar-refractivity contribution in [1.82, 2.24) is 10.6 Å². The van der Waals surface area contributed by atoms with Crippen molar-refractivity contribution in [2.45, 2.75) is 27.2 Å². The molecule has 0 aliphatic carbocycles. The highest BCUT2D eigenvalue weighted by Gasteiger charge is 2.17. The molecule has 0 bridgehead atoms. The van der Waals surface area contributed by atoms with Gasteiger partial charge in [-0.05, 0) is 12.3 Å². The molecule has 94 valence electrons. The second-order valence-electron chi connectivity index (χ2n) is 4.34. The molecule has 5 nitrogen and oxygen atoms in total. The third-order valence-corrected chi connectivity index (χ3v) is 2.21. The van der Waals surface area contributed by atoms with Crippen LogP contribution in [0.2, 0.25) is 0 Å². The van der Waals surface area contributed by atoms with Crippen LogP contribution >= 0.6 is 0 Å². The van der Waals surface area contributed by atoms with Gasteiger partial charge < -0.3 is 16.4 Å². The molecule has 0 fully saturated rings. The molecule has 0 saturated carbocycles. The molecule has 0 saturated heterocycles. The normalized spacial score (nSPS) is 12.3. The maximum atomic E-state index is 11.7. The minimum atomic E-state index is -0.127. The fraction of sp³-hybridized carbons (Fsp3) is 0.818. The SMILES string of the molecule is CC(=O)NCCNC(=O)C(CN)CC(C)C. The Morgan fingerprint density at radius 1 is 1.19 bits per heavy atom. The van der Waals surface area contributed by atoms with Gasteiger partial charge in [-0.25, -0.2) is 0 Å². The molecule has 0 radical (unpaired) electrons. The third kappa shape index (κ3) is 7.23. The van der Waals surface area contributed by atoms with Gasteiger partial charge in [-0.1, -0.05) is 13.8 Å². The van der Waals surface area contributed by atoms with Gasteiger partial charge in [-0.15, -0.1) is 0 Å². The molecule has 0 rings (SSSR count). The number of nitrogens with one attached hydrogen (secondary N) is 2. The molecular weight excluding hydrogens is 206 g/mol. The van der Waals surface area contributed by atoms with Crippen molar-refractivity contribution in [2.24, 2.45) is 17.6 Å². The first kappa shape index (κ1) is 14.9. The van der Waals surface area contributed by atoms with E-state index in [-0.39, 0.29) is 17.7 Å². The Hall–Kier alpha value is -1.10. The standard InChI is InChI=1S/C11H23N3O2/c1-8(2)6-10(7-12)11(16)14-5-4-13-9(3)15/h8,10H,4-7,12H2,1-3H3,(H,13,15)(H,14,16). The van der Waals surface area contributed by atoms with Crippen LogP contribution in [0.15, 0.2) is 0 Å². The summed E-state index contributed by atoms with van der Waals surface area (Å²) in [5, 5.41) is 5.37. The molecule has 0 aliphatic heterocycles. The van der Waals surface area contributed by atoms with Crippen molar-refractivity contribution in [2.75, 3.05) is 19.6 Å². The summed E-state index contributed by atoms with van der Waals surface area (Å²) in [6.45, 7) is 6.85. The minimum Gasteiger partial charge on any atom is -0.355 e. The first-order chi connectivity index (χ1) is 7.47.